The first-order chi connectivity index (χ1) is 5.24. The van der Waals surface area contributed by atoms with Crippen molar-refractivity contribution in [2.24, 2.45) is 11.8 Å². The van der Waals surface area contributed by atoms with E-state index in [4.69, 9.17) is 0 Å². The highest BCUT2D eigenvalue weighted by Gasteiger charge is 2.23. The van der Waals surface area contributed by atoms with E-state index >= 15 is 0 Å². The first-order valence-corrected chi connectivity index (χ1v) is 4.10. The smallest absolute Gasteiger partial charge is 0.155 e. The molecule has 0 saturated carbocycles. The Morgan fingerprint density at radius 2 is 2.45 bits per heavy atom. The number of hydrogen-bond donors (Lipinski definition) is 1. The van der Waals surface area contributed by atoms with Crippen molar-refractivity contribution in [3.63, 3.8) is 0 Å². The van der Waals surface area contributed by atoms with Crippen LogP contribution in [0.1, 0.15) is 13.3 Å². The van der Waals surface area contributed by atoms with Crippen LogP contribution in [0.4, 0.5) is 0 Å². The summed E-state index contributed by atoms with van der Waals surface area (Å²) in [5.74, 6) is 1.34. The third-order valence-corrected chi connectivity index (χ3v) is 2.37. The van der Waals surface area contributed by atoms with E-state index in [9.17, 15) is 4.79 Å². The number of carbonyl (C=O) groups excluding carboxylic acids is 1. The van der Waals surface area contributed by atoms with Gasteiger partial charge in [0.15, 0.2) is 5.78 Å². The van der Waals surface area contributed by atoms with Crippen LogP contribution in [-0.4, -0.2) is 18.9 Å². The molecule has 2 nitrogen and oxygen atoms in total. The van der Waals surface area contributed by atoms with Crippen molar-refractivity contribution in [1.29, 1.82) is 0 Å². The molecule has 62 valence electrons. The van der Waals surface area contributed by atoms with E-state index < -0.39 is 0 Å². The summed E-state index contributed by atoms with van der Waals surface area (Å²) in [6, 6.07) is 0. The molecular weight excluding hydrogens is 138 g/mol. The van der Waals surface area contributed by atoms with Gasteiger partial charge in [-0.05, 0) is 31.0 Å². The van der Waals surface area contributed by atoms with Gasteiger partial charge in [0.25, 0.3) is 0 Å². The summed E-state index contributed by atoms with van der Waals surface area (Å²) in [5.41, 5.74) is 0. The molecule has 1 fully saturated rings. The van der Waals surface area contributed by atoms with E-state index in [2.05, 4.69) is 18.8 Å². The van der Waals surface area contributed by atoms with E-state index in [-0.39, 0.29) is 5.78 Å². The van der Waals surface area contributed by atoms with Crippen molar-refractivity contribution in [1.82, 2.24) is 5.32 Å². The number of nitrogens with one attached hydrogen (secondary N) is 1. The van der Waals surface area contributed by atoms with E-state index in [0.717, 1.165) is 13.1 Å². The molecule has 0 aromatic carbocycles. The molecule has 0 bridgehead atoms. The maximum absolute atomic E-state index is 11.0. The fourth-order valence-electron chi connectivity index (χ4n) is 1.48. The lowest BCUT2D eigenvalue weighted by Gasteiger charge is -2.10. The number of hydrogen-bond acceptors (Lipinski definition) is 2. The van der Waals surface area contributed by atoms with Crippen molar-refractivity contribution in [3.8, 4) is 0 Å². The average Bonchev–Trinajstić information content (AvgIpc) is 2.37. The van der Waals surface area contributed by atoms with Gasteiger partial charge in [0.2, 0.25) is 0 Å². The van der Waals surface area contributed by atoms with Gasteiger partial charge in [-0.1, -0.05) is 13.5 Å². The highest BCUT2D eigenvalue weighted by molar-refractivity contribution is 5.89. The molecule has 1 N–H and O–H groups in total. The minimum absolute atomic E-state index is 0.172. The molecule has 0 aliphatic carbocycles. The minimum atomic E-state index is 0.172. The molecule has 0 spiro atoms. The molecule has 1 rings (SSSR count). The second-order valence-electron chi connectivity index (χ2n) is 3.27. The average molecular weight is 153 g/mol. The predicted molar refractivity (Wildman–Crippen MR) is 45.3 cm³/mol. The first kappa shape index (κ1) is 8.47. The van der Waals surface area contributed by atoms with Crippen LogP contribution in [0.15, 0.2) is 12.7 Å². The zero-order valence-corrected chi connectivity index (χ0v) is 6.97. The van der Waals surface area contributed by atoms with Gasteiger partial charge in [0.05, 0.1) is 0 Å². The van der Waals surface area contributed by atoms with Gasteiger partial charge in [-0.3, -0.25) is 4.79 Å². The Balaban J connectivity index is 2.36. The van der Waals surface area contributed by atoms with E-state index in [1.165, 1.54) is 6.08 Å². The van der Waals surface area contributed by atoms with Gasteiger partial charge in [0, 0.05) is 6.42 Å². The summed E-state index contributed by atoms with van der Waals surface area (Å²) in [5, 5.41) is 3.27. The maximum atomic E-state index is 11.0. The van der Waals surface area contributed by atoms with Gasteiger partial charge < -0.3 is 5.32 Å². The lowest BCUT2D eigenvalue weighted by Crippen LogP contribution is -2.13. The zero-order valence-electron chi connectivity index (χ0n) is 6.97. The highest BCUT2D eigenvalue weighted by atomic mass is 16.1. The number of allylic oxidation sites excluding steroid dienone is 1. The highest BCUT2D eigenvalue weighted by Crippen LogP contribution is 2.19. The second kappa shape index (κ2) is 3.67. The van der Waals surface area contributed by atoms with Gasteiger partial charge in [-0.2, -0.15) is 0 Å². The van der Waals surface area contributed by atoms with Crippen molar-refractivity contribution in [3.05, 3.63) is 12.7 Å². The van der Waals surface area contributed by atoms with Crippen LogP contribution in [0.3, 0.4) is 0 Å². The summed E-state index contributed by atoms with van der Waals surface area (Å²) < 4.78 is 0. The largest absolute Gasteiger partial charge is 0.316 e. The molecule has 1 heterocycles. The quantitative estimate of drug-likeness (QED) is 0.612. The minimum Gasteiger partial charge on any atom is -0.316 e. The molecular formula is C9H15NO. The molecule has 2 unspecified atom stereocenters. The Hall–Kier alpha value is -0.630. The van der Waals surface area contributed by atoms with Gasteiger partial charge in [-0.25, -0.2) is 0 Å². The summed E-state index contributed by atoms with van der Waals surface area (Å²) in [4.78, 5) is 11.0. The predicted octanol–water partition coefficient (Wildman–Crippen LogP) is 0.987. The fourth-order valence-corrected chi connectivity index (χ4v) is 1.48. The molecule has 0 radical (unpaired) electrons. The van der Waals surface area contributed by atoms with E-state index in [1.807, 2.05) is 0 Å². The summed E-state index contributed by atoms with van der Waals surface area (Å²) in [7, 11) is 0. The molecule has 1 aliphatic heterocycles. The van der Waals surface area contributed by atoms with Gasteiger partial charge in [0.1, 0.15) is 0 Å². The van der Waals surface area contributed by atoms with Crippen molar-refractivity contribution < 1.29 is 4.79 Å². The van der Waals surface area contributed by atoms with Crippen molar-refractivity contribution >= 4 is 5.78 Å². The number of carbonyl (C=O) groups is 1. The van der Waals surface area contributed by atoms with Crippen molar-refractivity contribution in [2.45, 2.75) is 13.3 Å². The monoisotopic (exact) mass is 153 g/mol. The Bertz CT molecular complexity index is 165. The molecule has 1 aliphatic rings. The summed E-state index contributed by atoms with van der Waals surface area (Å²) in [6.45, 7) is 7.68. The van der Waals surface area contributed by atoms with Crippen LogP contribution < -0.4 is 5.32 Å². The van der Waals surface area contributed by atoms with E-state index in [1.54, 1.807) is 0 Å². The third-order valence-electron chi connectivity index (χ3n) is 2.37. The Kier molecular flexibility index (Phi) is 2.83. The Morgan fingerprint density at radius 1 is 1.73 bits per heavy atom. The molecule has 2 atom stereocenters. The third kappa shape index (κ3) is 2.15. The normalized spacial score (nSPS) is 30.3. The molecule has 2 heteroatoms. The van der Waals surface area contributed by atoms with Crippen LogP contribution >= 0.6 is 0 Å². The fraction of sp³-hybridized carbons (Fsp3) is 0.667. The molecule has 11 heavy (non-hydrogen) atoms. The van der Waals surface area contributed by atoms with Crippen LogP contribution in [-0.2, 0) is 4.79 Å². The zero-order chi connectivity index (χ0) is 8.27. The topological polar surface area (TPSA) is 29.1 Å². The van der Waals surface area contributed by atoms with Gasteiger partial charge in [-0.15, -0.1) is 0 Å². The maximum Gasteiger partial charge on any atom is 0.155 e. The molecule has 1 saturated heterocycles. The van der Waals surface area contributed by atoms with Crippen LogP contribution in [0.2, 0.25) is 0 Å². The van der Waals surface area contributed by atoms with E-state index in [0.29, 0.717) is 18.3 Å². The van der Waals surface area contributed by atoms with Crippen molar-refractivity contribution in [2.75, 3.05) is 13.1 Å². The first-order valence-electron chi connectivity index (χ1n) is 4.10. The summed E-state index contributed by atoms with van der Waals surface area (Å²) in [6.07, 6.45) is 2.09. The standard InChI is InChI=1S/C9H15NO/c1-3-9(11)4-8-6-10-5-7(8)2/h3,7-8,10H,1,4-6H2,2H3. The van der Waals surface area contributed by atoms with Crippen LogP contribution in [0, 0.1) is 11.8 Å². The SMILES string of the molecule is C=CC(=O)CC1CNCC1C. The number of ketones is 1. The summed E-state index contributed by atoms with van der Waals surface area (Å²) >= 11 is 0. The molecule has 0 aromatic rings. The van der Waals surface area contributed by atoms with Crippen LogP contribution in [0.5, 0.6) is 0 Å². The molecule has 0 aromatic heterocycles. The number of rotatable bonds is 3. The molecule has 0 amide bonds. The Labute approximate surface area is 67.7 Å². The lowest BCUT2D eigenvalue weighted by molar-refractivity contribution is -0.115. The lowest BCUT2D eigenvalue weighted by atomic mass is 9.93. The van der Waals surface area contributed by atoms with Gasteiger partial charge >= 0.3 is 0 Å². The Morgan fingerprint density at radius 3 is 2.91 bits per heavy atom. The van der Waals surface area contributed by atoms with Crippen LogP contribution in [0.25, 0.3) is 0 Å². The second-order valence-corrected chi connectivity index (χ2v) is 3.27.